The largest absolute Gasteiger partial charge is 0.394 e. The molecule has 4 atom stereocenters. The van der Waals surface area contributed by atoms with Crippen molar-refractivity contribution in [1.29, 1.82) is 0 Å². The molecule has 0 bridgehead atoms. The van der Waals surface area contributed by atoms with E-state index in [-0.39, 0.29) is 11.7 Å². The van der Waals surface area contributed by atoms with Crippen molar-refractivity contribution < 1.29 is 19.7 Å². The second-order valence-electron chi connectivity index (χ2n) is 7.94. The van der Waals surface area contributed by atoms with Crippen LogP contribution in [-0.4, -0.2) is 50.5 Å². The van der Waals surface area contributed by atoms with Crippen LogP contribution < -0.4 is 16.7 Å². The summed E-state index contributed by atoms with van der Waals surface area (Å²) in [5, 5.41) is 21.8. The highest BCUT2D eigenvalue weighted by Gasteiger charge is 2.42. The van der Waals surface area contributed by atoms with Crippen LogP contribution in [0.15, 0.2) is 17.1 Å². The van der Waals surface area contributed by atoms with Crippen molar-refractivity contribution in [1.82, 2.24) is 9.55 Å². The van der Waals surface area contributed by atoms with E-state index in [1.54, 1.807) is 0 Å². The Hall–Kier alpha value is -1.81. The topological polar surface area (TPSA) is 140 Å². The van der Waals surface area contributed by atoms with Crippen LogP contribution in [0.25, 0.3) is 0 Å². The number of hydrogen-bond acceptors (Lipinski definition) is 7. The Labute approximate surface area is 177 Å². The molecule has 1 aromatic rings. The molecule has 0 saturated carbocycles. The number of ether oxygens (including phenoxy) is 1. The van der Waals surface area contributed by atoms with Crippen molar-refractivity contribution in [2.75, 3.05) is 11.9 Å². The second-order valence-corrected chi connectivity index (χ2v) is 7.94. The number of anilines is 1. The molecule has 0 aromatic carbocycles. The van der Waals surface area contributed by atoms with Gasteiger partial charge in [0, 0.05) is 12.6 Å². The molecule has 9 heteroatoms. The number of aromatic nitrogens is 2. The average Bonchev–Trinajstić information content (AvgIpc) is 3.01. The number of nitrogens with zero attached hydrogens (tertiary/aromatic N) is 2. The molecule has 2 rings (SSSR count). The van der Waals surface area contributed by atoms with E-state index < -0.39 is 36.8 Å². The fraction of sp³-hybridized carbons (Fsp3) is 0.762. The van der Waals surface area contributed by atoms with E-state index in [2.05, 4.69) is 17.2 Å². The van der Waals surface area contributed by atoms with Gasteiger partial charge in [-0.1, -0.05) is 58.3 Å². The Kier molecular flexibility index (Phi) is 10.4. The molecule has 1 fully saturated rings. The third-order valence-corrected chi connectivity index (χ3v) is 5.48. The van der Waals surface area contributed by atoms with Crippen LogP contribution in [0.3, 0.4) is 0 Å². The van der Waals surface area contributed by atoms with Gasteiger partial charge in [-0.3, -0.25) is 9.36 Å². The normalized spacial score (nSPS) is 23.6. The van der Waals surface area contributed by atoms with E-state index >= 15 is 0 Å². The van der Waals surface area contributed by atoms with Gasteiger partial charge in [0.1, 0.15) is 18.0 Å². The van der Waals surface area contributed by atoms with Gasteiger partial charge in [-0.15, -0.1) is 0 Å². The highest BCUT2D eigenvalue weighted by molar-refractivity contribution is 5.89. The quantitative estimate of drug-likeness (QED) is 0.353. The van der Waals surface area contributed by atoms with Gasteiger partial charge in [0.2, 0.25) is 5.91 Å². The summed E-state index contributed by atoms with van der Waals surface area (Å²) in [6.45, 7) is 1.81. The van der Waals surface area contributed by atoms with Crippen molar-refractivity contribution in [3.8, 4) is 0 Å². The number of aliphatic hydroxyl groups is 2. The number of hydrogen-bond donors (Lipinski definition) is 4. The summed E-state index contributed by atoms with van der Waals surface area (Å²) in [5.41, 5.74) is 5.23. The van der Waals surface area contributed by atoms with E-state index in [0.717, 1.165) is 23.8 Å². The smallest absolute Gasteiger partial charge is 0.351 e. The summed E-state index contributed by atoms with van der Waals surface area (Å²) in [6.07, 6.45) is 9.55. The molecule has 1 saturated heterocycles. The van der Waals surface area contributed by atoms with Gasteiger partial charge in [-0.05, 0) is 12.5 Å². The Morgan fingerprint density at radius 1 is 1.20 bits per heavy atom. The maximum atomic E-state index is 12.3. The molecule has 1 amide bonds. The number of nitrogens with one attached hydrogen (secondary N) is 1. The van der Waals surface area contributed by atoms with Gasteiger partial charge in [0.05, 0.1) is 12.6 Å². The maximum absolute atomic E-state index is 12.3. The van der Waals surface area contributed by atoms with Crippen LogP contribution in [0.4, 0.5) is 5.82 Å². The lowest BCUT2D eigenvalue weighted by molar-refractivity contribution is -0.116. The number of nitrogens with two attached hydrogens (primary N) is 1. The monoisotopic (exact) mass is 424 g/mol. The van der Waals surface area contributed by atoms with Gasteiger partial charge in [0.15, 0.2) is 6.23 Å². The van der Waals surface area contributed by atoms with Gasteiger partial charge in [-0.2, -0.15) is 4.98 Å². The third kappa shape index (κ3) is 7.16. The maximum Gasteiger partial charge on any atom is 0.351 e. The molecule has 1 aromatic heterocycles. The number of unbranched alkanes of at least 4 members (excludes halogenated alkanes) is 8. The Morgan fingerprint density at radius 2 is 1.83 bits per heavy atom. The minimum atomic E-state index is -1.08. The molecule has 1 aliphatic rings. The molecule has 9 nitrogen and oxygen atoms in total. The molecule has 30 heavy (non-hydrogen) atoms. The zero-order chi connectivity index (χ0) is 21.9. The van der Waals surface area contributed by atoms with Crippen molar-refractivity contribution in [3.05, 3.63) is 22.7 Å². The molecule has 1 aliphatic heterocycles. The molecule has 5 N–H and O–H groups in total. The predicted molar refractivity (Wildman–Crippen MR) is 114 cm³/mol. The second kappa shape index (κ2) is 12.8. The highest BCUT2D eigenvalue weighted by Crippen LogP contribution is 2.26. The molecule has 0 radical (unpaired) electrons. The molecule has 2 heterocycles. The van der Waals surface area contributed by atoms with Crippen molar-refractivity contribution in [2.24, 2.45) is 5.73 Å². The SMILES string of the molecule is CCCCCCCCCCCC(=O)Nc1ccn(C2OC(CO)C(O)C2N)c(=O)n1. The standard InChI is InChI=1S/C21H36N4O5/c1-2-3-4-5-6-7-8-9-10-11-17(27)23-16-12-13-25(21(29)24-16)20-18(22)19(28)15(14-26)30-20/h12-13,15,18-20,26,28H,2-11,14,22H2,1H3,(H,23,24,27,29). The first-order valence-corrected chi connectivity index (χ1v) is 11.1. The Balaban J connectivity index is 1.73. The van der Waals surface area contributed by atoms with Crippen molar-refractivity contribution >= 4 is 11.7 Å². The number of rotatable bonds is 13. The van der Waals surface area contributed by atoms with Crippen LogP contribution in [-0.2, 0) is 9.53 Å². The number of carbonyl (C=O) groups is 1. The van der Waals surface area contributed by atoms with Crippen LogP contribution >= 0.6 is 0 Å². The zero-order valence-electron chi connectivity index (χ0n) is 17.8. The van der Waals surface area contributed by atoms with E-state index in [0.29, 0.717) is 6.42 Å². The molecular weight excluding hydrogens is 388 g/mol. The molecule has 4 unspecified atom stereocenters. The first-order valence-electron chi connectivity index (χ1n) is 11.1. The number of aliphatic hydroxyl groups excluding tert-OH is 2. The number of amides is 1. The Morgan fingerprint density at radius 3 is 2.40 bits per heavy atom. The lowest BCUT2D eigenvalue weighted by Crippen LogP contribution is -2.42. The average molecular weight is 425 g/mol. The van der Waals surface area contributed by atoms with E-state index in [1.807, 2.05) is 0 Å². The van der Waals surface area contributed by atoms with Crippen molar-refractivity contribution in [3.63, 3.8) is 0 Å². The summed E-state index contributed by atoms with van der Waals surface area (Å²) in [7, 11) is 0. The zero-order valence-corrected chi connectivity index (χ0v) is 17.8. The molecule has 170 valence electrons. The van der Waals surface area contributed by atoms with Crippen LogP contribution in [0.1, 0.15) is 77.4 Å². The fourth-order valence-electron chi connectivity index (χ4n) is 3.65. The fourth-order valence-corrected chi connectivity index (χ4v) is 3.65. The van der Waals surface area contributed by atoms with E-state index in [9.17, 15) is 19.8 Å². The molecule has 0 aliphatic carbocycles. The van der Waals surface area contributed by atoms with Crippen LogP contribution in [0.2, 0.25) is 0 Å². The van der Waals surface area contributed by atoms with Crippen molar-refractivity contribution in [2.45, 2.75) is 95.6 Å². The van der Waals surface area contributed by atoms with Gasteiger partial charge < -0.3 is 26.0 Å². The Bertz CT molecular complexity index is 711. The highest BCUT2D eigenvalue weighted by atomic mass is 16.5. The first-order chi connectivity index (χ1) is 14.5. The lowest BCUT2D eigenvalue weighted by atomic mass is 10.1. The van der Waals surface area contributed by atoms with Gasteiger partial charge >= 0.3 is 5.69 Å². The summed E-state index contributed by atoms with van der Waals surface area (Å²) >= 11 is 0. The minimum Gasteiger partial charge on any atom is -0.394 e. The summed E-state index contributed by atoms with van der Waals surface area (Å²) < 4.78 is 6.60. The van der Waals surface area contributed by atoms with Gasteiger partial charge in [-0.25, -0.2) is 4.79 Å². The third-order valence-electron chi connectivity index (χ3n) is 5.48. The van der Waals surface area contributed by atoms with E-state index in [1.165, 1.54) is 50.8 Å². The van der Waals surface area contributed by atoms with Crippen LogP contribution in [0.5, 0.6) is 0 Å². The minimum absolute atomic E-state index is 0.169. The predicted octanol–water partition coefficient (Wildman–Crippen LogP) is 1.68. The van der Waals surface area contributed by atoms with Gasteiger partial charge in [0.25, 0.3) is 0 Å². The summed E-state index contributed by atoms with van der Waals surface area (Å²) in [5.74, 6) is -0.00446. The van der Waals surface area contributed by atoms with E-state index in [4.69, 9.17) is 10.5 Å². The summed E-state index contributed by atoms with van der Waals surface area (Å²) in [6, 6.07) is 0.624. The van der Waals surface area contributed by atoms with Crippen LogP contribution in [0, 0.1) is 0 Å². The first kappa shape index (κ1) is 24.5. The number of carbonyl (C=O) groups excluding carboxylic acids is 1. The molecular formula is C21H36N4O5. The molecule has 0 spiro atoms. The lowest BCUT2D eigenvalue weighted by Gasteiger charge is -2.18. The summed E-state index contributed by atoms with van der Waals surface area (Å²) in [4.78, 5) is 28.2.